The first-order valence-electron chi connectivity index (χ1n) is 15.6. The molecule has 48 heavy (non-hydrogen) atoms. The van der Waals surface area contributed by atoms with Crippen molar-refractivity contribution in [2.75, 3.05) is 19.4 Å². The number of alkyl halides is 3. The van der Waals surface area contributed by atoms with Crippen LogP contribution in [0, 0.1) is 18.6 Å². The van der Waals surface area contributed by atoms with E-state index in [1.807, 2.05) is 30.3 Å². The van der Waals surface area contributed by atoms with E-state index in [9.17, 15) is 22.8 Å². The number of hydrogen-bond donors (Lipinski definition) is 2. The summed E-state index contributed by atoms with van der Waals surface area (Å²) in [5, 5.41) is 3.97. The van der Waals surface area contributed by atoms with Crippen LogP contribution >= 0.6 is 11.8 Å². The van der Waals surface area contributed by atoms with Gasteiger partial charge in [-0.3, -0.25) is 14.2 Å². The lowest BCUT2D eigenvalue weighted by molar-refractivity contribution is -0.138. The third-order valence-electron chi connectivity index (χ3n) is 8.70. The fourth-order valence-electron chi connectivity index (χ4n) is 6.33. The number of rotatable bonds is 13. The molecule has 0 saturated heterocycles. The first-order chi connectivity index (χ1) is 22.9. The average Bonchev–Trinajstić information content (AvgIpc) is 3.49. The summed E-state index contributed by atoms with van der Waals surface area (Å²) >= 11 is 1.31. The van der Waals surface area contributed by atoms with E-state index in [1.54, 1.807) is 6.92 Å². The minimum Gasteiger partial charge on any atom is -0.494 e. The molecule has 6 nitrogen and oxygen atoms in total. The highest BCUT2D eigenvalue weighted by atomic mass is 32.2. The second kappa shape index (κ2) is 14.9. The van der Waals surface area contributed by atoms with E-state index >= 15 is 8.78 Å². The summed E-state index contributed by atoms with van der Waals surface area (Å²) in [4.78, 5) is 25.7. The van der Waals surface area contributed by atoms with E-state index in [1.165, 1.54) is 41.6 Å². The fourth-order valence-corrected chi connectivity index (χ4v) is 7.76. The van der Waals surface area contributed by atoms with Crippen molar-refractivity contribution in [2.45, 2.75) is 62.3 Å². The number of primary amides is 1. The lowest BCUT2D eigenvalue weighted by Crippen LogP contribution is -2.36. The summed E-state index contributed by atoms with van der Waals surface area (Å²) in [6, 6.07) is 15.7. The SMILES string of the molecule is COc1cccc(-c2c(C)c(Cc3c(F)cccc3C(F)(F)F)c3n(c2=O)C(C(NCCCCCC(N)=O)c2ccccc2)CS3)c1F. The van der Waals surface area contributed by atoms with Gasteiger partial charge in [0.2, 0.25) is 5.91 Å². The van der Waals surface area contributed by atoms with Gasteiger partial charge in [0.1, 0.15) is 5.82 Å². The lowest BCUT2D eigenvalue weighted by atomic mass is 9.91. The van der Waals surface area contributed by atoms with Crippen LogP contribution < -0.4 is 21.3 Å². The zero-order chi connectivity index (χ0) is 34.6. The van der Waals surface area contributed by atoms with Crippen LogP contribution in [0.3, 0.4) is 0 Å². The number of hydrogen-bond acceptors (Lipinski definition) is 5. The Balaban J connectivity index is 1.68. The van der Waals surface area contributed by atoms with E-state index in [0.717, 1.165) is 36.6 Å². The van der Waals surface area contributed by atoms with Crippen molar-refractivity contribution < 1.29 is 31.5 Å². The van der Waals surface area contributed by atoms with Crippen LogP contribution in [0.25, 0.3) is 11.1 Å². The van der Waals surface area contributed by atoms with Gasteiger partial charge in [0.15, 0.2) is 11.6 Å². The third kappa shape index (κ3) is 7.29. The van der Waals surface area contributed by atoms with Crippen LogP contribution in [-0.4, -0.2) is 29.9 Å². The number of nitrogens with two attached hydrogens (primary N) is 1. The zero-order valence-electron chi connectivity index (χ0n) is 26.5. The molecule has 2 unspecified atom stereocenters. The predicted octanol–water partition coefficient (Wildman–Crippen LogP) is 7.74. The van der Waals surface area contributed by atoms with E-state index < -0.39 is 53.0 Å². The number of methoxy groups -OCH3 is 1. The molecule has 12 heteroatoms. The van der Waals surface area contributed by atoms with Crippen LogP contribution in [0.5, 0.6) is 5.75 Å². The van der Waals surface area contributed by atoms with Crippen molar-refractivity contribution in [1.82, 2.24) is 9.88 Å². The number of nitrogens with one attached hydrogen (secondary N) is 1. The molecule has 0 fully saturated rings. The quantitative estimate of drug-likeness (QED) is 0.111. The summed E-state index contributed by atoms with van der Waals surface area (Å²) in [5.74, 6) is -1.90. The molecular formula is C36H36F5N3O3S. The molecule has 0 aliphatic carbocycles. The minimum atomic E-state index is -4.82. The van der Waals surface area contributed by atoms with Crippen molar-refractivity contribution in [1.29, 1.82) is 0 Å². The zero-order valence-corrected chi connectivity index (χ0v) is 27.3. The molecule has 1 aliphatic heterocycles. The largest absolute Gasteiger partial charge is 0.494 e. The predicted molar refractivity (Wildman–Crippen MR) is 176 cm³/mol. The van der Waals surface area contributed by atoms with Crippen molar-refractivity contribution in [3.05, 3.63) is 117 Å². The summed E-state index contributed by atoms with van der Waals surface area (Å²) in [5.41, 5.74) is 4.46. The van der Waals surface area contributed by atoms with Crippen LogP contribution in [0.15, 0.2) is 76.6 Å². The van der Waals surface area contributed by atoms with Gasteiger partial charge in [-0.2, -0.15) is 13.2 Å². The molecule has 5 rings (SSSR count). The Morgan fingerprint density at radius 3 is 2.44 bits per heavy atom. The number of unbranched alkanes of at least 4 members (excludes halogenated alkanes) is 2. The van der Waals surface area contributed by atoms with Crippen LogP contribution in [-0.2, 0) is 17.4 Å². The van der Waals surface area contributed by atoms with Crippen molar-refractivity contribution in [2.24, 2.45) is 5.73 Å². The maximum atomic E-state index is 15.8. The Labute approximate surface area is 279 Å². The topological polar surface area (TPSA) is 86.3 Å². The number of amides is 1. The number of carbonyl (C=O) groups excluding carboxylic acids is 1. The highest BCUT2D eigenvalue weighted by Gasteiger charge is 2.38. The van der Waals surface area contributed by atoms with Gasteiger partial charge in [-0.15, -0.1) is 11.8 Å². The Hall–Kier alpha value is -4.16. The van der Waals surface area contributed by atoms with E-state index in [0.29, 0.717) is 29.3 Å². The normalized spacial score (nSPS) is 14.9. The highest BCUT2D eigenvalue weighted by Crippen LogP contribution is 2.45. The van der Waals surface area contributed by atoms with Crippen molar-refractivity contribution >= 4 is 17.7 Å². The molecule has 0 saturated carbocycles. The van der Waals surface area contributed by atoms with Gasteiger partial charge in [-0.1, -0.05) is 55.0 Å². The molecule has 3 aromatic carbocycles. The summed E-state index contributed by atoms with van der Waals surface area (Å²) in [6.07, 6.45) is -2.89. The molecule has 254 valence electrons. The first kappa shape index (κ1) is 35.2. The molecule has 1 amide bonds. The minimum absolute atomic E-state index is 0.0270. The molecular weight excluding hydrogens is 649 g/mol. The summed E-state index contributed by atoms with van der Waals surface area (Å²) < 4.78 is 80.1. The maximum Gasteiger partial charge on any atom is 0.416 e. The molecule has 0 bridgehead atoms. The molecule has 2 heterocycles. The number of thioether (sulfide) groups is 1. The monoisotopic (exact) mass is 685 g/mol. The first-order valence-corrected chi connectivity index (χ1v) is 16.6. The average molecular weight is 686 g/mol. The smallest absolute Gasteiger partial charge is 0.416 e. The van der Waals surface area contributed by atoms with Crippen LogP contribution in [0.2, 0.25) is 0 Å². The Bertz CT molecular complexity index is 1850. The number of carbonyl (C=O) groups is 1. The highest BCUT2D eigenvalue weighted by molar-refractivity contribution is 7.99. The maximum absolute atomic E-state index is 15.8. The number of nitrogens with zero attached hydrogens (tertiary/aromatic N) is 1. The number of ether oxygens (including phenoxy) is 1. The molecule has 0 spiro atoms. The standard InChI is InChI=1S/C36H36F5N3O3S/c1-21-24(19-25-26(36(39,40)41)14-10-15-27(25)37)35-44(34(46)31(21)23-13-9-16-29(47-2)32(23)38)28(20-48-35)33(22-11-5-3-6-12-22)43-18-8-4-7-17-30(42)45/h3,5-6,9-16,28,33,43H,4,7-8,17-20H2,1-2H3,(H2,42,45). The van der Waals surface area contributed by atoms with Gasteiger partial charge < -0.3 is 15.8 Å². The van der Waals surface area contributed by atoms with Gasteiger partial charge in [-0.05, 0) is 61.2 Å². The van der Waals surface area contributed by atoms with Gasteiger partial charge in [0.25, 0.3) is 5.56 Å². The van der Waals surface area contributed by atoms with E-state index in [-0.39, 0.29) is 34.8 Å². The lowest BCUT2D eigenvalue weighted by Gasteiger charge is -2.28. The Kier molecular flexibility index (Phi) is 10.9. The number of fused-ring (bicyclic) bond motifs is 1. The van der Waals surface area contributed by atoms with E-state index in [2.05, 4.69) is 5.32 Å². The van der Waals surface area contributed by atoms with Gasteiger partial charge in [-0.25, -0.2) is 8.78 Å². The van der Waals surface area contributed by atoms with E-state index in [4.69, 9.17) is 10.5 Å². The van der Waals surface area contributed by atoms with Crippen molar-refractivity contribution in [3.63, 3.8) is 0 Å². The van der Waals surface area contributed by atoms with Gasteiger partial charge in [0.05, 0.1) is 35.3 Å². The third-order valence-corrected chi connectivity index (χ3v) is 9.92. The summed E-state index contributed by atoms with van der Waals surface area (Å²) in [7, 11) is 1.30. The second-order valence-corrected chi connectivity index (χ2v) is 12.7. The van der Waals surface area contributed by atoms with Crippen molar-refractivity contribution in [3.8, 4) is 16.9 Å². The molecule has 0 radical (unpaired) electrons. The molecule has 3 N–H and O–H groups in total. The molecule has 4 aromatic rings. The number of benzene rings is 3. The number of halogens is 5. The number of aromatic nitrogens is 1. The van der Waals surface area contributed by atoms with Crippen LogP contribution in [0.1, 0.15) is 65.6 Å². The Morgan fingerprint density at radius 2 is 1.75 bits per heavy atom. The van der Waals surface area contributed by atoms with Gasteiger partial charge in [0, 0.05) is 29.7 Å². The molecule has 1 aromatic heterocycles. The van der Waals surface area contributed by atoms with Crippen LogP contribution in [0.4, 0.5) is 22.0 Å². The number of pyridine rings is 1. The molecule has 2 atom stereocenters. The fraction of sp³-hybridized carbons (Fsp3) is 0.333. The van der Waals surface area contributed by atoms with Gasteiger partial charge >= 0.3 is 6.18 Å². The Morgan fingerprint density at radius 1 is 1.02 bits per heavy atom. The molecule has 1 aliphatic rings. The second-order valence-electron chi connectivity index (χ2n) is 11.7. The summed E-state index contributed by atoms with van der Waals surface area (Å²) in [6.45, 7) is 2.11.